The number of nitrogens with zero attached hydrogens (tertiary/aromatic N) is 5. The third kappa shape index (κ3) is 3.43. The van der Waals surface area contributed by atoms with Crippen LogP contribution in [0.4, 0.5) is 5.82 Å². The minimum atomic E-state index is 0.602. The van der Waals surface area contributed by atoms with Gasteiger partial charge >= 0.3 is 0 Å². The Labute approximate surface area is 142 Å². The fourth-order valence-corrected chi connectivity index (χ4v) is 3.23. The molecule has 6 heteroatoms. The summed E-state index contributed by atoms with van der Waals surface area (Å²) in [5.74, 6) is 4.47. The van der Waals surface area contributed by atoms with Gasteiger partial charge in [-0.15, -0.1) is 0 Å². The van der Waals surface area contributed by atoms with Crippen LogP contribution < -0.4 is 4.90 Å². The summed E-state index contributed by atoms with van der Waals surface area (Å²) < 4.78 is 5.73. The highest BCUT2D eigenvalue weighted by molar-refractivity contribution is 5.38. The van der Waals surface area contributed by atoms with Gasteiger partial charge in [-0.25, -0.2) is 15.0 Å². The van der Waals surface area contributed by atoms with E-state index in [-0.39, 0.29) is 0 Å². The van der Waals surface area contributed by atoms with Crippen molar-refractivity contribution in [1.82, 2.24) is 19.9 Å². The highest BCUT2D eigenvalue weighted by Gasteiger charge is 2.27. The van der Waals surface area contributed by atoms with Gasteiger partial charge in [-0.2, -0.15) is 0 Å². The van der Waals surface area contributed by atoms with Crippen LogP contribution in [0.25, 0.3) is 0 Å². The normalized spacial score (nSPS) is 19.5. The third-order valence-corrected chi connectivity index (χ3v) is 4.95. The Morgan fingerprint density at radius 3 is 2.75 bits per heavy atom. The lowest BCUT2D eigenvalue weighted by molar-refractivity contribution is 0.253. The number of hydrogen-bond donors (Lipinski definition) is 0. The standard InChI is InChI=1S/C18H25N5O/c1-13-14(2)24-17(20-13)12-22-8-3-9-23(11-10-22)16-6-7-19-18(21-16)15-4-5-15/h6-7,15H,3-5,8-12H2,1-2H3. The lowest BCUT2D eigenvalue weighted by Crippen LogP contribution is -2.31. The number of anilines is 1. The second kappa shape index (κ2) is 6.51. The van der Waals surface area contributed by atoms with E-state index >= 15 is 0 Å². The average molecular weight is 327 g/mol. The molecule has 0 amide bonds. The molecule has 1 saturated carbocycles. The van der Waals surface area contributed by atoms with Crippen LogP contribution in [-0.2, 0) is 6.54 Å². The average Bonchev–Trinajstić information content (AvgIpc) is 3.39. The fraction of sp³-hybridized carbons (Fsp3) is 0.611. The molecule has 4 rings (SSSR count). The fourth-order valence-electron chi connectivity index (χ4n) is 3.23. The van der Waals surface area contributed by atoms with E-state index in [1.165, 1.54) is 12.8 Å². The molecule has 2 fully saturated rings. The van der Waals surface area contributed by atoms with Gasteiger partial charge < -0.3 is 9.32 Å². The van der Waals surface area contributed by atoms with E-state index in [1.54, 1.807) is 0 Å². The van der Waals surface area contributed by atoms with E-state index in [1.807, 2.05) is 26.1 Å². The van der Waals surface area contributed by atoms with Crippen molar-refractivity contribution in [1.29, 1.82) is 0 Å². The Hall–Kier alpha value is -1.95. The lowest BCUT2D eigenvalue weighted by atomic mass is 10.3. The summed E-state index contributed by atoms with van der Waals surface area (Å²) in [5.41, 5.74) is 0.995. The van der Waals surface area contributed by atoms with Crippen molar-refractivity contribution in [3.8, 4) is 0 Å². The molecular formula is C18H25N5O. The van der Waals surface area contributed by atoms with E-state index in [0.29, 0.717) is 5.92 Å². The van der Waals surface area contributed by atoms with Crippen molar-refractivity contribution in [3.05, 3.63) is 35.4 Å². The maximum atomic E-state index is 5.73. The molecule has 2 aromatic rings. The Kier molecular flexibility index (Phi) is 4.22. The summed E-state index contributed by atoms with van der Waals surface area (Å²) in [5, 5.41) is 0. The molecule has 1 aliphatic heterocycles. The first-order valence-electron chi connectivity index (χ1n) is 8.92. The maximum Gasteiger partial charge on any atom is 0.208 e. The number of aryl methyl sites for hydroxylation is 2. The molecule has 0 unspecified atom stereocenters. The zero-order valence-electron chi connectivity index (χ0n) is 14.5. The summed E-state index contributed by atoms with van der Waals surface area (Å²) in [6.45, 7) is 8.86. The van der Waals surface area contributed by atoms with Gasteiger partial charge in [-0.3, -0.25) is 4.90 Å². The molecule has 0 aromatic carbocycles. The van der Waals surface area contributed by atoms with Gasteiger partial charge in [0.2, 0.25) is 5.89 Å². The predicted octanol–water partition coefficient (Wildman–Crippen LogP) is 2.67. The molecule has 1 aliphatic carbocycles. The van der Waals surface area contributed by atoms with Crippen molar-refractivity contribution in [2.24, 2.45) is 0 Å². The molecule has 2 aliphatic rings. The van der Waals surface area contributed by atoms with E-state index in [2.05, 4.69) is 19.8 Å². The van der Waals surface area contributed by atoms with Gasteiger partial charge in [0.15, 0.2) is 0 Å². The molecule has 0 radical (unpaired) electrons. The Morgan fingerprint density at radius 1 is 1.12 bits per heavy atom. The Morgan fingerprint density at radius 2 is 2.00 bits per heavy atom. The first-order valence-corrected chi connectivity index (χ1v) is 8.92. The molecular weight excluding hydrogens is 302 g/mol. The molecule has 0 atom stereocenters. The number of oxazole rings is 1. The number of aromatic nitrogens is 3. The zero-order valence-corrected chi connectivity index (χ0v) is 14.5. The summed E-state index contributed by atoms with van der Waals surface area (Å²) in [4.78, 5) is 18.5. The Balaban J connectivity index is 1.39. The van der Waals surface area contributed by atoms with E-state index in [4.69, 9.17) is 9.40 Å². The predicted molar refractivity (Wildman–Crippen MR) is 92.1 cm³/mol. The van der Waals surface area contributed by atoms with Gasteiger partial charge in [0.1, 0.15) is 17.4 Å². The smallest absolute Gasteiger partial charge is 0.208 e. The summed E-state index contributed by atoms with van der Waals surface area (Å²) >= 11 is 0. The number of rotatable bonds is 4. The van der Waals surface area contributed by atoms with Crippen molar-refractivity contribution < 1.29 is 4.42 Å². The van der Waals surface area contributed by atoms with Crippen molar-refractivity contribution in [3.63, 3.8) is 0 Å². The lowest BCUT2D eigenvalue weighted by Gasteiger charge is -2.22. The van der Waals surface area contributed by atoms with Crippen molar-refractivity contribution in [2.75, 3.05) is 31.1 Å². The molecule has 3 heterocycles. The van der Waals surface area contributed by atoms with Crippen molar-refractivity contribution in [2.45, 2.75) is 45.6 Å². The van der Waals surface area contributed by atoms with Crippen LogP contribution in [0.2, 0.25) is 0 Å². The molecule has 0 spiro atoms. The second-order valence-corrected chi connectivity index (χ2v) is 6.91. The van der Waals surface area contributed by atoms with Gasteiger partial charge in [0.25, 0.3) is 0 Å². The zero-order chi connectivity index (χ0) is 16.5. The van der Waals surface area contributed by atoms with Crippen LogP contribution in [-0.4, -0.2) is 46.0 Å². The molecule has 0 N–H and O–H groups in total. The van der Waals surface area contributed by atoms with Crippen LogP contribution in [0, 0.1) is 13.8 Å². The monoisotopic (exact) mass is 327 g/mol. The topological polar surface area (TPSA) is 58.3 Å². The second-order valence-electron chi connectivity index (χ2n) is 6.91. The van der Waals surface area contributed by atoms with E-state index < -0.39 is 0 Å². The van der Waals surface area contributed by atoms with Crippen LogP contribution in [0.15, 0.2) is 16.7 Å². The highest BCUT2D eigenvalue weighted by atomic mass is 16.4. The van der Waals surface area contributed by atoms with Crippen LogP contribution >= 0.6 is 0 Å². The largest absolute Gasteiger partial charge is 0.444 e. The third-order valence-electron chi connectivity index (χ3n) is 4.95. The van der Waals surface area contributed by atoms with E-state index in [0.717, 1.165) is 68.1 Å². The minimum Gasteiger partial charge on any atom is -0.444 e. The van der Waals surface area contributed by atoms with Crippen LogP contribution in [0.3, 0.4) is 0 Å². The summed E-state index contributed by atoms with van der Waals surface area (Å²) in [6.07, 6.45) is 5.52. The van der Waals surface area contributed by atoms with Crippen LogP contribution in [0.5, 0.6) is 0 Å². The molecule has 128 valence electrons. The minimum absolute atomic E-state index is 0.602. The highest BCUT2D eigenvalue weighted by Crippen LogP contribution is 2.38. The summed E-state index contributed by atoms with van der Waals surface area (Å²) in [6, 6.07) is 2.04. The van der Waals surface area contributed by atoms with Gasteiger partial charge in [-0.05, 0) is 39.2 Å². The van der Waals surface area contributed by atoms with E-state index in [9.17, 15) is 0 Å². The van der Waals surface area contributed by atoms with Gasteiger partial charge in [0.05, 0.1) is 12.2 Å². The Bertz CT molecular complexity index is 690. The quantitative estimate of drug-likeness (QED) is 0.860. The molecule has 24 heavy (non-hydrogen) atoms. The van der Waals surface area contributed by atoms with Gasteiger partial charge in [0, 0.05) is 38.3 Å². The van der Waals surface area contributed by atoms with Crippen LogP contribution in [0.1, 0.15) is 48.3 Å². The maximum absolute atomic E-state index is 5.73. The molecule has 1 saturated heterocycles. The first kappa shape index (κ1) is 15.6. The van der Waals surface area contributed by atoms with Gasteiger partial charge in [-0.1, -0.05) is 0 Å². The SMILES string of the molecule is Cc1nc(CN2CCCN(c3ccnc(C4CC4)n3)CC2)oc1C. The molecule has 2 aromatic heterocycles. The number of hydrogen-bond acceptors (Lipinski definition) is 6. The first-order chi connectivity index (χ1) is 11.7. The van der Waals surface area contributed by atoms with Crippen molar-refractivity contribution >= 4 is 5.82 Å². The molecule has 0 bridgehead atoms. The molecule has 6 nitrogen and oxygen atoms in total. The summed E-state index contributed by atoms with van der Waals surface area (Å²) in [7, 11) is 0.